The number of rotatable bonds is 0. The van der Waals surface area contributed by atoms with Gasteiger partial charge in [-0.3, -0.25) is 0 Å². The average Bonchev–Trinajstić information content (AvgIpc) is 1.97. The molecule has 0 N–H and O–H groups in total. The second-order valence-corrected chi connectivity index (χ2v) is 2.33. The van der Waals surface area contributed by atoms with Crippen LogP contribution in [0.1, 0.15) is 6.42 Å². The van der Waals surface area contributed by atoms with Gasteiger partial charge in [0.2, 0.25) is 0 Å². The Kier molecular flexibility index (Phi) is 2.25. The van der Waals surface area contributed by atoms with E-state index in [1.807, 2.05) is 6.08 Å². The molecule has 1 aliphatic rings. The molecule has 0 saturated heterocycles. The molecule has 1 aliphatic heterocycles. The Balaban J connectivity index is 2.80. The standard InChI is InChI=1S/C5H4Cl2N2/c6-4-2-1-3-5(7)9-8-4/h1-2H,3H2. The number of nitrogens with zero attached hydrogens (tertiary/aromatic N) is 2. The molecule has 0 aromatic carbocycles. The summed E-state index contributed by atoms with van der Waals surface area (Å²) in [4.78, 5) is 0. The summed E-state index contributed by atoms with van der Waals surface area (Å²) in [5, 5.41) is 7.96. The van der Waals surface area contributed by atoms with E-state index in [9.17, 15) is 0 Å². The molecule has 0 spiro atoms. The smallest absolute Gasteiger partial charge is 0.141 e. The van der Waals surface area contributed by atoms with Crippen LogP contribution >= 0.6 is 23.2 Å². The fourth-order valence-corrected chi connectivity index (χ4v) is 0.683. The van der Waals surface area contributed by atoms with Crippen molar-refractivity contribution in [2.75, 3.05) is 0 Å². The zero-order valence-electron chi connectivity index (χ0n) is 4.51. The zero-order chi connectivity index (χ0) is 6.69. The molecular weight excluding hydrogens is 159 g/mol. The van der Waals surface area contributed by atoms with Crippen molar-refractivity contribution in [3.63, 3.8) is 0 Å². The Morgan fingerprint density at radius 2 is 2.11 bits per heavy atom. The predicted molar refractivity (Wildman–Crippen MR) is 40.3 cm³/mol. The van der Waals surface area contributed by atoms with E-state index < -0.39 is 0 Å². The quantitative estimate of drug-likeness (QED) is 0.522. The highest BCUT2D eigenvalue weighted by Crippen LogP contribution is 2.02. The molecule has 0 aliphatic carbocycles. The number of halogens is 2. The molecule has 1 rings (SSSR count). The predicted octanol–water partition coefficient (Wildman–Crippen LogP) is 2.14. The van der Waals surface area contributed by atoms with Crippen molar-refractivity contribution >= 4 is 33.5 Å². The van der Waals surface area contributed by atoms with Gasteiger partial charge < -0.3 is 0 Å². The summed E-state index contributed by atoms with van der Waals surface area (Å²) in [5.41, 5.74) is 0. The molecule has 4 heteroatoms. The summed E-state index contributed by atoms with van der Waals surface area (Å²) in [5.74, 6) is 0. The van der Waals surface area contributed by atoms with Crippen LogP contribution in [0.5, 0.6) is 0 Å². The summed E-state index contributed by atoms with van der Waals surface area (Å²) in [6, 6.07) is 0. The summed E-state index contributed by atoms with van der Waals surface area (Å²) >= 11 is 11.0. The van der Waals surface area contributed by atoms with Gasteiger partial charge in [0.15, 0.2) is 5.17 Å². The SMILES string of the molecule is ClC1=NN=C(Cl)CC=C1. The van der Waals surface area contributed by atoms with Gasteiger partial charge in [-0.05, 0) is 6.08 Å². The summed E-state index contributed by atoms with van der Waals surface area (Å²) in [6.45, 7) is 0. The topological polar surface area (TPSA) is 24.7 Å². The van der Waals surface area contributed by atoms with Crippen LogP contribution in [0.15, 0.2) is 22.4 Å². The molecule has 2 nitrogen and oxygen atoms in total. The third-order valence-electron chi connectivity index (χ3n) is 0.796. The lowest BCUT2D eigenvalue weighted by Crippen LogP contribution is -1.78. The molecule has 0 atom stereocenters. The van der Waals surface area contributed by atoms with E-state index in [0.29, 0.717) is 16.8 Å². The van der Waals surface area contributed by atoms with Crippen molar-refractivity contribution in [1.29, 1.82) is 0 Å². The van der Waals surface area contributed by atoms with Crippen molar-refractivity contribution < 1.29 is 0 Å². The van der Waals surface area contributed by atoms with Crippen molar-refractivity contribution in [3.05, 3.63) is 12.2 Å². The molecule has 0 unspecified atom stereocenters. The highest BCUT2D eigenvalue weighted by molar-refractivity contribution is 6.69. The lowest BCUT2D eigenvalue weighted by atomic mass is 10.4. The number of hydrogen-bond donors (Lipinski definition) is 0. The molecule has 1 heterocycles. The Morgan fingerprint density at radius 3 is 2.89 bits per heavy atom. The average molecular weight is 163 g/mol. The van der Waals surface area contributed by atoms with Gasteiger partial charge in [0, 0.05) is 6.42 Å². The van der Waals surface area contributed by atoms with E-state index in [1.54, 1.807) is 6.08 Å². The Bertz CT molecular complexity index is 193. The van der Waals surface area contributed by atoms with Crippen LogP contribution in [0.2, 0.25) is 0 Å². The van der Waals surface area contributed by atoms with Gasteiger partial charge in [0.1, 0.15) is 5.17 Å². The van der Waals surface area contributed by atoms with Gasteiger partial charge in [0.25, 0.3) is 0 Å². The van der Waals surface area contributed by atoms with Gasteiger partial charge in [0.05, 0.1) is 0 Å². The summed E-state index contributed by atoms with van der Waals surface area (Å²) in [7, 11) is 0. The van der Waals surface area contributed by atoms with E-state index in [1.165, 1.54) is 0 Å². The van der Waals surface area contributed by atoms with Gasteiger partial charge in [-0.15, -0.1) is 10.2 Å². The summed E-state index contributed by atoms with van der Waals surface area (Å²) < 4.78 is 0. The second-order valence-electron chi connectivity index (χ2n) is 1.51. The molecule has 0 amide bonds. The normalized spacial score (nSPS) is 18.4. The van der Waals surface area contributed by atoms with Gasteiger partial charge in [-0.1, -0.05) is 29.3 Å². The highest BCUT2D eigenvalue weighted by atomic mass is 35.5. The molecule has 9 heavy (non-hydrogen) atoms. The van der Waals surface area contributed by atoms with Crippen LogP contribution < -0.4 is 0 Å². The van der Waals surface area contributed by atoms with Crippen LogP contribution in [-0.2, 0) is 0 Å². The lowest BCUT2D eigenvalue weighted by molar-refractivity contribution is 1.25. The van der Waals surface area contributed by atoms with E-state index in [0.717, 1.165) is 0 Å². The minimum Gasteiger partial charge on any atom is -0.141 e. The first-order chi connectivity index (χ1) is 4.29. The Hall–Kier alpha value is -0.340. The van der Waals surface area contributed by atoms with E-state index >= 15 is 0 Å². The van der Waals surface area contributed by atoms with Crippen LogP contribution in [0.3, 0.4) is 0 Å². The molecule has 0 aromatic heterocycles. The van der Waals surface area contributed by atoms with E-state index in [2.05, 4.69) is 10.2 Å². The number of allylic oxidation sites excluding steroid dienone is 2. The molecule has 0 radical (unpaired) electrons. The molecule has 0 aromatic rings. The van der Waals surface area contributed by atoms with Crippen molar-refractivity contribution in [1.82, 2.24) is 0 Å². The van der Waals surface area contributed by atoms with Crippen LogP contribution in [0, 0.1) is 0 Å². The zero-order valence-corrected chi connectivity index (χ0v) is 6.02. The van der Waals surface area contributed by atoms with E-state index in [4.69, 9.17) is 23.2 Å². The Labute approximate surface area is 62.9 Å². The van der Waals surface area contributed by atoms with Crippen LogP contribution in [0.25, 0.3) is 0 Å². The highest BCUT2D eigenvalue weighted by Gasteiger charge is 1.94. The van der Waals surface area contributed by atoms with Crippen molar-refractivity contribution in [3.8, 4) is 0 Å². The van der Waals surface area contributed by atoms with Gasteiger partial charge in [-0.25, -0.2) is 0 Å². The molecule has 48 valence electrons. The number of hydrogen-bond acceptors (Lipinski definition) is 2. The third-order valence-corrected chi connectivity index (χ3v) is 1.23. The molecule has 0 fully saturated rings. The summed E-state index contributed by atoms with van der Waals surface area (Å²) in [6.07, 6.45) is 4.09. The lowest BCUT2D eigenvalue weighted by Gasteiger charge is -1.80. The maximum atomic E-state index is 5.52. The van der Waals surface area contributed by atoms with Crippen LogP contribution in [0.4, 0.5) is 0 Å². The minimum absolute atomic E-state index is 0.366. The maximum absolute atomic E-state index is 5.52. The maximum Gasteiger partial charge on any atom is 0.151 e. The second kappa shape index (κ2) is 2.99. The van der Waals surface area contributed by atoms with Crippen LogP contribution in [-0.4, -0.2) is 10.3 Å². The molecule has 0 bridgehead atoms. The Morgan fingerprint density at radius 1 is 1.33 bits per heavy atom. The monoisotopic (exact) mass is 162 g/mol. The first-order valence-corrected chi connectivity index (χ1v) is 3.16. The van der Waals surface area contributed by atoms with Gasteiger partial charge in [-0.2, -0.15) is 0 Å². The molecular formula is C5H4Cl2N2. The minimum atomic E-state index is 0.366. The van der Waals surface area contributed by atoms with Gasteiger partial charge >= 0.3 is 0 Å². The van der Waals surface area contributed by atoms with Crippen molar-refractivity contribution in [2.45, 2.75) is 6.42 Å². The van der Waals surface area contributed by atoms with E-state index in [-0.39, 0.29) is 0 Å². The largest absolute Gasteiger partial charge is 0.151 e. The fraction of sp³-hybridized carbons (Fsp3) is 0.200. The first kappa shape index (κ1) is 6.78. The molecule has 0 saturated carbocycles. The fourth-order valence-electron chi connectivity index (χ4n) is 0.430. The third kappa shape index (κ3) is 2.16. The van der Waals surface area contributed by atoms with Crippen molar-refractivity contribution in [2.24, 2.45) is 10.2 Å². The first-order valence-electron chi connectivity index (χ1n) is 2.41.